The third kappa shape index (κ3) is 3.15. The van der Waals surface area contributed by atoms with E-state index in [0.29, 0.717) is 22.7 Å². The number of amides is 1. The van der Waals surface area contributed by atoms with E-state index in [0.717, 1.165) is 4.90 Å². The van der Waals surface area contributed by atoms with Gasteiger partial charge in [0.1, 0.15) is 5.56 Å². The van der Waals surface area contributed by atoms with Crippen LogP contribution in [0.1, 0.15) is 28.8 Å². The number of pyridine rings is 1. The number of aromatic nitrogens is 1. The highest BCUT2D eigenvalue weighted by atomic mass is 19.3. The molecule has 2 aliphatic rings. The van der Waals surface area contributed by atoms with Gasteiger partial charge in [-0.25, -0.2) is 8.78 Å². The number of alkyl halides is 2. The normalized spacial score (nSPS) is 17.8. The van der Waals surface area contributed by atoms with Gasteiger partial charge < -0.3 is 14.4 Å². The lowest BCUT2D eigenvalue weighted by Crippen LogP contribution is -2.47. The Kier molecular flexibility index (Phi) is 4.13. The largest absolute Gasteiger partial charge is 0.454 e. The van der Waals surface area contributed by atoms with Gasteiger partial charge in [0, 0.05) is 25.2 Å². The van der Waals surface area contributed by atoms with Crippen LogP contribution in [0, 0.1) is 6.92 Å². The molecule has 0 spiro atoms. The molecule has 1 aromatic carbocycles. The van der Waals surface area contributed by atoms with Gasteiger partial charge in [0.15, 0.2) is 11.5 Å². The molecule has 142 valence electrons. The first-order chi connectivity index (χ1) is 12.9. The molecular formula is C19H18F2N2O4. The van der Waals surface area contributed by atoms with Gasteiger partial charge in [0.05, 0.1) is 12.2 Å². The predicted molar refractivity (Wildman–Crippen MR) is 93.0 cm³/mol. The van der Waals surface area contributed by atoms with Crippen LogP contribution >= 0.6 is 0 Å². The number of halogens is 2. The third-order valence-corrected chi connectivity index (χ3v) is 4.83. The van der Waals surface area contributed by atoms with Crippen LogP contribution in [-0.4, -0.2) is 41.2 Å². The fourth-order valence-electron chi connectivity index (χ4n) is 3.42. The number of hydrogen-bond donors (Lipinski definition) is 0. The molecule has 0 saturated carbocycles. The molecule has 0 bridgehead atoms. The number of ether oxygens (including phenoxy) is 2. The summed E-state index contributed by atoms with van der Waals surface area (Å²) >= 11 is 0. The maximum atomic E-state index is 13.7. The van der Waals surface area contributed by atoms with Crippen molar-refractivity contribution in [3.05, 3.63) is 51.9 Å². The smallest absolute Gasteiger partial charge is 0.268 e. The van der Waals surface area contributed by atoms with Gasteiger partial charge in [-0.05, 0) is 37.1 Å². The molecule has 0 radical (unpaired) electrons. The van der Waals surface area contributed by atoms with Gasteiger partial charge in [0.25, 0.3) is 17.4 Å². The molecule has 0 unspecified atom stereocenters. The molecule has 0 atom stereocenters. The molecule has 2 aromatic rings. The molecule has 6 nitrogen and oxygen atoms in total. The number of benzene rings is 1. The summed E-state index contributed by atoms with van der Waals surface area (Å²) in [6.45, 7) is 1.28. The van der Waals surface area contributed by atoms with E-state index in [-0.39, 0.29) is 31.7 Å². The molecular weight excluding hydrogens is 358 g/mol. The van der Waals surface area contributed by atoms with Crippen molar-refractivity contribution in [3.8, 4) is 17.2 Å². The minimum absolute atomic E-state index is 0.0899. The van der Waals surface area contributed by atoms with Gasteiger partial charge in [0.2, 0.25) is 6.79 Å². The van der Waals surface area contributed by atoms with Crippen molar-refractivity contribution in [2.45, 2.75) is 25.7 Å². The van der Waals surface area contributed by atoms with Crippen molar-refractivity contribution in [3.63, 3.8) is 0 Å². The summed E-state index contributed by atoms with van der Waals surface area (Å²) in [4.78, 5) is 26.9. The molecule has 1 aromatic heterocycles. The quantitative estimate of drug-likeness (QED) is 0.809. The van der Waals surface area contributed by atoms with E-state index in [1.165, 1.54) is 4.57 Å². The predicted octanol–water partition coefficient (Wildman–Crippen LogP) is 2.75. The number of aryl methyl sites for hydroxylation is 1. The van der Waals surface area contributed by atoms with Crippen LogP contribution in [0.4, 0.5) is 8.78 Å². The van der Waals surface area contributed by atoms with E-state index in [1.807, 2.05) is 0 Å². The fourth-order valence-corrected chi connectivity index (χ4v) is 3.42. The maximum absolute atomic E-state index is 13.7. The molecule has 1 fully saturated rings. The minimum atomic E-state index is -2.92. The number of carbonyl (C=O) groups is 1. The highest BCUT2D eigenvalue weighted by molar-refractivity contribution is 5.95. The number of hydrogen-bond acceptors (Lipinski definition) is 4. The van der Waals surface area contributed by atoms with E-state index in [9.17, 15) is 18.4 Å². The molecule has 0 aliphatic carbocycles. The van der Waals surface area contributed by atoms with Crippen molar-refractivity contribution >= 4 is 5.91 Å². The number of piperidine rings is 1. The fraction of sp³-hybridized carbons (Fsp3) is 0.368. The topological polar surface area (TPSA) is 60.8 Å². The van der Waals surface area contributed by atoms with E-state index < -0.39 is 23.9 Å². The Balaban J connectivity index is 1.73. The van der Waals surface area contributed by atoms with E-state index in [2.05, 4.69) is 0 Å². The number of fused-ring (bicyclic) bond motifs is 1. The van der Waals surface area contributed by atoms with E-state index >= 15 is 0 Å². The van der Waals surface area contributed by atoms with Gasteiger partial charge in [-0.1, -0.05) is 0 Å². The summed E-state index contributed by atoms with van der Waals surface area (Å²) in [6.07, 6.45) is 1.52. The number of carbonyl (C=O) groups excluding carboxylic acids is 1. The van der Waals surface area contributed by atoms with Crippen molar-refractivity contribution in [2.24, 2.45) is 0 Å². The molecule has 27 heavy (non-hydrogen) atoms. The Hall–Kier alpha value is -2.90. The Labute approximate surface area is 153 Å². The lowest BCUT2D eigenvalue weighted by atomic mass is 10.0. The second-order valence-corrected chi connectivity index (χ2v) is 6.77. The first-order valence-electron chi connectivity index (χ1n) is 8.65. The van der Waals surface area contributed by atoms with Crippen molar-refractivity contribution in [1.29, 1.82) is 0 Å². The first-order valence-corrected chi connectivity index (χ1v) is 8.65. The SMILES string of the molecule is Cc1ccn(-c2ccc3c(c2)OCO3)c(=O)c1C(=O)N1CCCC(F)(F)C1. The van der Waals surface area contributed by atoms with Crippen LogP contribution in [-0.2, 0) is 0 Å². The van der Waals surface area contributed by atoms with E-state index in [1.54, 1.807) is 37.4 Å². The van der Waals surface area contributed by atoms with Crippen LogP contribution in [0.3, 0.4) is 0 Å². The number of likely N-dealkylation sites (tertiary alicyclic amines) is 1. The van der Waals surface area contributed by atoms with Crippen LogP contribution in [0.25, 0.3) is 5.69 Å². The molecule has 3 heterocycles. The lowest BCUT2D eigenvalue weighted by molar-refractivity contribution is -0.0561. The van der Waals surface area contributed by atoms with Crippen molar-refractivity contribution in [1.82, 2.24) is 9.47 Å². The monoisotopic (exact) mass is 376 g/mol. The zero-order chi connectivity index (χ0) is 19.2. The number of rotatable bonds is 2. The first kappa shape index (κ1) is 17.5. The Bertz CT molecular complexity index is 971. The molecule has 0 N–H and O–H groups in total. The third-order valence-electron chi connectivity index (χ3n) is 4.83. The van der Waals surface area contributed by atoms with Gasteiger partial charge in [-0.2, -0.15) is 0 Å². The zero-order valence-electron chi connectivity index (χ0n) is 14.7. The Morgan fingerprint density at radius 2 is 1.96 bits per heavy atom. The molecule has 2 aliphatic heterocycles. The highest BCUT2D eigenvalue weighted by Crippen LogP contribution is 2.33. The molecule has 4 rings (SSSR count). The average molecular weight is 376 g/mol. The summed E-state index contributed by atoms with van der Waals surface area (Å²) in [7, 11) is 0. The summed E-state index contributed by atoms with van der Waals surface area (Å²) < 4.78 is 39.3. The number of nitrogens with zero attached hydrogens (tertiary/aromatic N) is 2. The van der Waals surface area contributed by atoms with Gasteiger partial charge >= 0.3 is 0 Å². The minimum Gasteiger partial charge on any atom is -0.454 e. The van der Waals surface area contributed by atoms with Crippen molar-refractivity contribution < 1.29 is 23.0 Å². The summed E-state index contributed by atoms with van der Waals surface area (Å²) in [6, 6.07) is 6.62. The van der Waals surface area contributed by atoms with Gasteiger partial charge in [-0.3, -0.25) is 14.2 Å². The van der Waals surface area contributed by atoms with E-state index in [4.69, 9.17) is 9.47 Å². The van der Waals surface area contributed by atoms with Crippen LogP contribution in [0.5, 0.6) is 11.5 Å². The Morgan fingerprint density at radius 1 is 1.19 bits per heavy atom. The molecule has 1 amide bonds. The van der Waals surface area contributed by atoms with Crippen LogP contribution < -0.4 is 15.0 Å². The molecule has 8 heteroatoms. The van der Waals surface area contributed by atoms with Gasteiger partial charge in [-0.15, -0.1) is 0 Å². The van der Waals surface area contributed by atoms with Crippen LogP contribution in [0.2, 0.25) is 0 Å². The summed E-state index contributed by atoms with van der Waals surface area (Å²) in [5.74, 6) is -2.51. The second-order valence-electron chi connectivity index (χ2n) is 6.77. The maximum Gasteiger partial charge on any atom is 0.268 e. The Morgan fingerprint density at radius 3 is 2.74 bits per heavy atom. The molecule has 1 saturated heterocycles. The standard InChI is InChI=1S/C19H18F2N2O4/c1-12-5-8-23(13-3-4-14-15(9-13)27-11-26-14)18(25)16(12)17(24)22-7-2-6-19(20,21)10-22/h3-5,8-9H,2,6-7,10-11H2,1H3. The summed E-state index contributed by atoms with van der Waals surface area (Å²) in [5.41, 5.74) is 0.318. The summed E-state index contributed by atoms with van der Waals surface area (Å²) in [5, 5.41) is 0. The van der Waals surface area contributed by atoms with Crippen molar-refractivity contribution in [2.75, 3.05) is 19.9 Å². The average Bonchev–Trinajstić information content (AvgIpc) is 3.08. The lowest BCUT2D eigenvalue weighted by Gasteiger charge is -2.32. The van der Waals surface area contributed by atoms with Crippen LogP contribution in [0.15, 0.2) is 35.3 Å². The highest BCUT2D eigenvalue weighted by Gasteiger charge is 2.38. The zero-order valence-corrected chi connectivity index (χ0v) is 14.7. The second kappa shape index (κ2) is 6.37.